The summed E-state index contributed by atoms with van der Waals surface area (Å²) >= 11 is 0. The smallest absolute Gasteiger partial charge is 0.0480 e. The fourth-order valence-corrected chi connectivity index (χ4v) is 3.34. The van der Waals surface area contributed by atoms with E-state index in [-0.39, 0.29) is 0 Å². The van der Waals surface area contributed by atoms with Crippen LogP contribution in [0.25, 0.3) is 0 Å². The van der Waals surface area contributed by atoms with Crippen LogP contribution in [0.15, 0.2) is 0 Å². The second-order valence-electron chi connectivity index (χ2n) is 6.48. The third-order valence-electron chi connectivity index (χ3n) is 4.92. The molecule has 0 radical (unpaired) electrons. The highest BCUT2D eigenvalue weighted by Crippen LogP contribution is 2.44. The zero-order valence-electron chi connectivity index (χ0n) is 11.7. The van der Waals surface area contributed by atoms with E-state index in [0.29, 0.717) is 0 Å². The summed E-state index contributed by atoms with van der Waals surface area (Å²) < 4.78 is 5.43. The van der Waals surface area contributed by atoms with Gasteiger partial charge in [0.1, 0.15) is 0 Å². The van der Waals surface area contributed by atoms with Gasteiger partial charge in [-0.1, -0.05) is 0 Å². The molecule has 0 aromatic rings. The van der Waals surface area contributed by atoms with Gasteiger partial charge in [-0.25, -0.2) is 0 Å². The van der Waals surface area contributed by atoms with Crippen LogP contribution in [0.1, 0.15) is 38.5 Å². The van der Waals surface area contributed by atoms with Crippen molar-refractivity contribution in [2.45, 2.75) is 50.6 Å². The monoisotopic (exact) mass is 252 g/mol. The number of nitrogens with zero attached hydrogens (tertiary/aromatic N) is 1. The molecular weight excluding hydrogens is 224 g/mol. The Balaban J connectivity index is 1.35. The average Bonchev–Trinajstić information content (AvgIpc) is 3.29. The minimum atomic E-state index is 0.751. The molecule has 3 rings (SSSR count). The summed E-state index contributed by atoms with van der Waals surface area (Å²) in [5.74, 6) is 2.04. The molecular formula is C15H28N2O. The van der Waals surface area contributed by atoms with Crippen LogP contribution in [0, 0.1) is 11.8 Å². The van der Waals surface area contributed by atoms with Crippen LogP contribution in [-0.4, -0.2) is 50.3 Å². The van der Waals surface area contributed by atoms with E-state index in [1.165, 1.54) is 51.6 Å². The van der Waals surface area contributed by atoms with Crippen molar-refractivity contribution in [1.29, 1.82) is 0 Å². The maximum atomic E-state index is 5.43. The van der Waals surface area contributed by atoms with E-state index in [0.717, 1.165) is 37.1 Å². The zero-order valence-corrected chi connectivity index (χ0v) is 11.7. The Morgan fingerprint density at radius 3 is 2.22 bits per heavy atom. The van der Waals surface area contributed by atoms with Crippen LogP contribution >= 0.6 is 0 Å². The Morgan fingerprint density at radius 2 is 1.67 bits per heavy atom. The molecule has 0 atom stereocenters. The van der Waals surface area contributed by atoms with Gasteiger partial charge in [-0.15, -0.1) is 0 Å². The van der Waals surface area contributed by atoms with Crippen LogP contribution in [0.3, 0.4) is 0 Å². The van der Waals surface area contributed by atoms with Crippen molar-refractivity contribution in [2.24, 2.45) is 11.8 Å². The van der Waals surface area contributed by atoms with E-state index in [9.17, 15) is 0 Å². The summed E-state index contributed by atoms with van der Waals surface area (Å²) in [5.41, 5.74) is 0. The van der Waals surface area contributed by atoms with Crippen molar-refractivity contribution in [3.05, 3.63) is 0 Å². The van der Waals surface area contributed by atoms with E-state index in [1.54, 1.807) is 0 Å². The van der Waals surface area contributed by atoms with Crippen LogP contribution in [0.5, 0.6) is 0 Å². The number of likely N-dealkylation sites (N-methyl/N-ethyl adjacent to an activating group) is 1. The van der Waals surface area contributed by atoms with Crippen LogP contribution < -0.4 is 5.32 Å². The van der Waals surface area contributed by atoms with E-state index in [1.807, 2.05) is 0 Å². The Labute approximate surface area is 111 Å². The van der Waals surface area contributed by atoms with Gasteiger partial charge in [-0.2, -0.15) is 0 Å². The number of ether oxygens (including phenoxy) is 1. The summed E-state index contributed by atoms with van der Waals surface area (Å²) in [6, 6.07) is 1.61. The van der Waals surface area contributed by atoms with Crippen molar-refractivity contribution in [3.63, 3.8) is 0 Å². The molecule has 1 saturated heterocycles. The molecule has 18 heavy (non-hydrogen) atoms. The molecule has 3 heteroatoms. The van der Waals surface area contributed by atoms with Crippen molar-refractivity contribution < 1.29 is 4.74 Å². The highest BCUT2D eigenvalue weighted by Gasteiger charge is 2.40. The van der Waals surface area contributed by atoms with Gasteiger partial charge in [0.05, 0.1) is 0 Å². The van der Waals surface area contributed by atoms with Gasteiger partial charge in [0.15, 0.2) is 0 Å². The lowest BCUT2D eigenvalue weighted by Crippen LogP contribution is -2.43. The molecule has 104 valence electrons. The lowest BCUT2D eigenvalue weighted by molar-refractivity contribution is 0.0431. The molecule has 3 nitrogen and oxygen atoms in total. The first-order valence-corrected chi connectivity index (χ1v) is 7.86. The van der Waals surface area contributed by atoms with Crippen molar-refractivity contribution in [3.8, 4) is 0 Å². The summed E-state index contributed by atoms with van der Waals surface area (Å²) in [4.78, 5) is 2.53. The summed E-state index contributed by atoms with van der Waals surface area (Å²) in [6.07, 6.45) is 8.33. The third kappa shape index (κ3) is 3.46. The van der Waals surface area contributed by atoms with Crippen LogP contribution in [0.4, 0.5) is 0 Å². The van der Waals surface area contributed by atoms with Crippen molar-refractivity contribution in [2.75, 3.05) is 33.4 Å². The average molecular weight is 252 g/mol. The summed E-state index contributed by atoms with van der Waals surface area (Å²) in [5, 5.41) is 3.84. The maximum Gasteiger partial charge on any atom is 0.0480 e. The minimum absolute atomic E-state index is 0.751. The van der Waals surface area contributed by atoms with E-state index in [2.05, 4.69) is 17.3 Å². The van der Waals surface area contributed by atoms with Crippen LogP contribution in [-0.2, 0) is 4.74 Å². The number of rotatable bonds is 7. The Morgan fingerprint density at radius 1 is 1.06 bits per heavy atom. The predicted octanol–water partition coefficient (Wildman–Crippen LogP) is 1.88. The van der Waals surface area contributed by atoms with Gasteiger partial charge >= 0.3 is 0 Å². The van der Waals surface area contributed by atoms with E-state index in [4.69, 9.17) is 4.74 Å². The fraction of sp³-hybridized carbons (Fsp3) is 1.00. The molecule has 2 aliphatic carbocycles. The molecule has 3 aliphatic rings. The molecule has 3 fully saturated rings. The lowest BCUT2D eigenvalue weighted by atomic mass is 10.1. The minimum Gasteiger partial charge on any atom is -0.381 e. The van der Waals surface area contributed by atoms with E-state index >= 15 is 0 Å². The van der Waals surface area contributed by atoms with Gasteiger partial charge in [-0.05, 0) is 57.4 Å². The number of nitrogens with one attached hydrogen (secondary N) is 1. The molecule has 0 bridgehead atoms. The topological polar surface area (TPSA) is 24.5 Å². The first-order valence-electron chi connectivity index (χ1n) is 7.86. The first-order chi connectivity index (χ1) is 8.84. The van der Waals surface area contributed by atoms with Crippen molar-refractivity contribution in [1.82, 2.24) is 10.2 Å². The molecule has 1 heterocycles. The molecule has 1 N–H and O–H groups in total. The van der Waals surface area contributed by atoms with E-state index < -0.39 is 0 Å². The lowest BCUT2D eigenvalue weighted by Gasteiger charge is -2.31. The first kappa shape index (κ1) is 12.9. The van der Waals surface area contributed by atoms with Gasteiger partial charge < -0.3 is 15.0 Å². The SMILES string of the molecule is CN(CCNC(C1CC1)C1CC1)C1CCOCC1. The predicted molar refractivity (Wildman–Crippen MR) is 73.7 cm³/mol. The summed E-state index contributed by atoms with van der Waals surface area (Å²) in [6.45, 7) is 4.27. The summed E-state index contributed by atoms with van der Waals surface area (Å²) in [7, 11) is 2.28. The van der Waals surface area contributed by atoms with Gasteiger partial charge in [-0.3, -0.25) is 0 Å². The number of hydrogen-bond acceptors (Lipinski definition) is 3. The Bertz CT molecular complexity index is 245. The second-order valence-corrected chi connectivity index (χ2v) is 6.48. The highest BCUT2D eigenvalue weighted by atomic mass is 16.5. The third-order valence-corrected chi connectivity index (χ3v) is 4.92. The van der Waals surface area contributed by atoms with Gasteiger partial charge in [0.2, 0.25) is 0 Å². The fourth-order valence-electron chi connectivity index (χ4n) is 3.34. The standard InChI is InChI=1S/C15H28N2O/c1-17(14-6-10-18-11-7-14)9-8-16-15(12-2-3-12)13-4-5-13/h12-16H,2-11H2,1H3. The van der Waals surface area contributed by atoms with Gasteiger partial charge in [0, 0.05) is 38.4 Å². The zero-order chi connectivity index (χ0) is 12.4. The Kier molecular flexibility index (Phi) is 4.22. The van der Waals surface area contributed by atoms with Gasteiger partial charge in [0.25, 0.3) is 0 Å². The molecule has 0 amide bonds. The molecule has 0 aromatic carbocycles. The molecule has 1 aliphatic heterocycles. The molecule has 0 unspecified atom stereocenters. The Hall–Kier alpha value is -0.120. The quantitative estimate of drug-likeness (QED) is 0.749. The highest BCUT2D eigenvalue weighted by molar-refractivity contribution is 4.96. The maximum absolute atomic E-state index is 5.43. The normalized spacial score (nSPS) is 26.2. The molecule has 2 saturated carbocycles. The number of hydrogen-bond donors (Lipinski definition) is 1. The van der Waals surface area contributed by atoms with Crippen LogP contribution in [0.2, 0.25) is 0 Å². The largest absolute Gasteiger partial charge is 0.381 e. The second kappa shape index (κ2) is 5.89. The molecule has 0 aromatic heterocycles. The van der Waals surface area contributed by atoms with Crippen molar-refractivity contribution >= 4 is 0 Å². The molecule has 0 spiro atoms.